The van der Waals surface area contributed by atoms with E-state index in [-0.39, 0.29) is 22.9 Å². The first-order chi connectivity index (χ1) is 13.7. The average molecular weight is 401 g/mol. The molecule has 164 valence electrons. The summed E-state index contributed by atoms with van der Waals surface area (Å²) in [6, 6.07) is 0. The second-order valence-corrected chi connectivity index (χ2v) is 12.3. The van der Waals surface area contributed by atoms with Crippen LogP contribution in [0.15, 0.2) is 0 Å². The maximum absolute atomic E-state index is 12.7. The van der Waals surface area contributed by atoms with Crippen molar-refractivity contribution in [3.8, 4) is 0 Å². The monoisotopic (exact) mass is 400 g/mol. The summed E-state index contributed by atoms with van der Waals surface area (Å²) in [4.78, 5) is 24.8. The molecule has 0 bridgehead atoms. The molecule has 2 heteroatoms. The number of fused-ring (bicyclic) bond motifs is 5. The lowest BCUT2D eigenvalue weighted by Gasteiger charge is -2.60. The van der Waals surface area contributed by atoms with Gasteiger partial charge in [-0.1, -0.05) is 53.9 Å². The van der Waals surface area contributed by atoms with Gasteiger partial charge in [0.2, 0.25) is 5.78 Å². The molecule has 4 saturated carbocycles. The molecule has 0 unspecified atom stereocenters. The van der Waals surface area contributed by atoms with E-state index in [0.717, 1.165) is 42.4 Å². The van der Waals surface area contributed by atoms with Crippen LogP contribution in [0.25, 0.3) is 0 Å². The molecular weight excluding hydrogens is 356 g/mol. The van der Waals surface area contributed by atoms with Crippen LogP contribution in [-0.2, 0) is 9.59 Å². The molecular formula is C27H44O2. The lowest BCUT2D eigenvalue weighted by atomic mass is 9.44. The molecule has 0 aromatic carbocycles. The fourth-order valence-corrected chi connectivity index (χ4v) is 8.97. The van der Waals surface area contributed by atoms with Gasteiger partial charge in [0, 0.05) is 12.3 Å². The van der Waals surface area contributed by atoms with Crippen molar-refractivity contribution in [2.45, 2.75) is 105 Å². The smallest absolute Gasteiger partial charge is 0.201 e. The zero-order valence-corrected chi connectivity index (χ0v) is 19.6. The third-order valence-corrected chi connectivity index (χ3v) is 10.6. The first-order valence-electron chi connectivity index (χ1n) is 12.8. The largest absolute Gasteiger partial charge is 0.291 e. The fourth-order valence-electron chi connectivity index (χ4n) is 8.97. The van der Waals surface area contributed by atoms with Crippen LogP contribution in [0.4, 0.5) is 0 Å². The van der Waals surface area contributed by atoms with E-state index in [2.05, 4.69) is 34.6 Å². The van der Waals surface area contributed by atoms with Gasteiger partial charge in [0.05, 0.1) is 0 Å². The normalized spacial score (nSPS) is 45.7. The molecule has 0 spiro atoms. The van der Waals surface area contributed by atoms with Crippen LogP contribution in [0.3, 0.4) is 0 Å². The van der Waals surface area contributed by atoms with Gasteiger partial charge in [0.1, 0.15) is 0 Å². The van der Waals surface area contributed by atoms with Gasteiger partial charge in [-0.2, -0.15) is 0 Å². The third kappa shape index (κ3) is 3.45. The topological polar surface area (TPSA) is 34.1 Å². The van der Waals surface area contributed by atoms with Gasteiger partial charge in [-0.05, 0) is 91.3 Å². The molecule has 0 amide bonds. The second kappa shape index (κ2) is 7.79. The number of rotatable bonds is 5. The SMILES string of the molecule is CC(C)CCC[C@H](C)[C@@H]1CC[C@H]2[C@H]3CC[C@H]4C(=O)C(=O)CC[C@@]4(C)[C@H]3CC[C@@]21C. The minimum Gasteiger partial charge on any atom is -0.291 e. The quantitative estimate of drug-likeness (QED) is 0.473. The van der Waals surface area contributed by atoms with Crippen molar-refractivity contribution in [3.63, 3.8) is 0 Å². The van der Waals surface area contributed by atoms with Gasteiger partial charge in [-0.15, -0.1) is 0 Å². The molecule has 4 aliphatic rings. The Kier molecular flexibility index (Phi) is 5.79. The van der Waals surface area contributed by atoms with Gasteiger partial charge in [-0.3, -0.25) is 9.59 Å². The van der Waals surface area contributed by atoms with E-state index < -0.39 is 0 Å². The number of Topliss-reactive ketones (excluding diaryl/α,β-unsaturated/α-hetero) is 2. The van der Waals surface area contributed by atoms with Crippen LogP contribution in [0.5, 0.6) is 0 Å². The Morgan fingerprint density at radius 2 is 1.59 bits per heavy atom. The maximum atomic E-state index is 12.7. The van der Waals surface area contributed by atoms with Crippen LogP contribution in [0.2, 0.25) is 0 Å². The summed E-state index contributed by atoms with van der Waals surface area (Å²) < 4.78 is 0. The van der Waals surface area contributed by atoms with Crippen molar-refractivity contribution < 1.29 is 9.59 Å². The highest BCUT2D eigenvalue weighted by Gasteiger charge is 2.62. The predicted octanol–water partition coefficient (Wildman–Crippen LogP) is 6.86. The van der Waals surface area contributed by atoms with E-state index in [4.69, 9.17) is 0 Å². The Hall–Kier alpha value is -0.660. The zero-order chi connectivity index (χ0) is 21.0. The van der Waals surface area contributed by atoms with Crippen LogP contribution in [0.1, 0.15) is 105 Å². The molecule has 0 radical (unpaired) electrons. The summed E-state index contributed by atoms with van der Waals surface area (Å²) in [5.74, 6) is 4.81. The summed E-state index contributed by atoms with van der Waals surface area (Å²) in [6.07, 6.45) is 13.3. The maximum Gasteiger partial charge on any atom is 0.201 e. The first kappa shape index (κ1) is 21.6. The highest BCUT2D eigenvalue weighted by molar-refractivity contribution is 6.38. The van der Waals surface area contributed by atoms with Gasteiger partial charge >= 0.3 is 0 Å². The lowest BCUT2D eigenvalue weighted by Crippen LogP contribution is -2.56. The third-order valence-electron chi connectivity index (χ3n) is 10.6. The van der Waals surface area contributed by atoms with E-state index in [1.165, 1.54) is 51.4 Å². The van der Waals surface area contributed by atoms with Crippen molar-refractivity contribution in [1.82, 2.24) is 0 Å². The van der Waals surface area contributed by atoms with Gasteiger partial charge in [0.15, 0.2) is 5.78 Å². The fraction of sp³-hybridized carbons (Fsp3) is 0.926. The van der Waals surface area contributed by atoms with Crippen molar-refractivity contribution in [2.24, 2.45) is 52.3 Å². The van der Waals surface area contributed by atoms with Crippen molar-refractivity contribution in [2.75, 3.05) is 0 Å². The van der Waals surface area contributed by atoms with Crippen LogP contribution in [-0.4, -0.2) is 11.6 Å². The molecule has 2 nitrogen and oxygen atoms in total. The average Bonchev–Trinajstić information content (AvgIpc) is 3.02. The molecule has 0 heterocycles. The van der Waals surface area contributed by atoms with E-state index in [1.807, 2.05) is 0 Å². The van der Waals surface area contributed by atoms with Crippen molar-refractivity contribution >= 4 is 11.6 Å². The number of ketones is 2. The van der Waals surface area contributed by atoms with E-state index >= 15 is 0 Å². The van der Waals surface area contributed by atoms with Crippen LogP contribution < -0.4 is 0 Å². The molecule has 4 rings (SSSR count). The van der Waals surface area contributed by atoms with E-state index in [1.54, 1.807) is 0 Å². The van der Waals surface area contributed by atoms with E-state index in [9.17, 15) is 9.59 Å². The number of carbonyl (C=O) groups is 2. The Bertz CT molecular complexity index is 651. The molecule has 0 N–H and O–H groups in total. The highest BCUT2D eigenvalue weighted by atomic mass is 16.2. The second-order valence-electron chi connectivity index (χ2n) is 12.3. The summed E-state index contributed by atoms with van der Waals surface area (Å²) in [6.45, 7) is 12.2. The standard InChI is InChI=1S/C27H44O2/c1-17(2)7-6-8-18(3)20-11-12-21-19-9-10-23-25(29)24(28)14-16-27(23,5)22(19)13-15-26(20,21)4/h17-23H,6-16H2,1-5H3/t18-,19+,20-,21-,22-,23-,26+,27-/m0/s1. The molecule has 4 fully saturated rings. The minimum atomic E-state index is -0.0808. The molecule has 0 aromatic rings. The summed E-state index contributed by atoms with van der Waals surface area (Å²) in [5.41, 5.74) is 0.603. The predicted molar refractivity (Wildman–Crippen MR) is 118 cm³/mol. The molecule has 0 aliphatic heterocycles. The minimum absolute atomic E-state index is 0.0198. The van der Waals surface area contributed by atoms with Crippen molar-refractivity contribution in [3.05, 3.63) is 0 Å². The van der Waals surface area contributed by atoms with Crippen LogP contribution >= 0.6 is 0 Å². The zero-order valence-electron chi connectivity index (χ0n) is 19.6. The summed E-state index contributed by atoms with van der Waals surface area (Å²) in [7, 11) is 0. The Labute approximate surface area is 179 Å². The first-order valence-corrected chi connectivity index (χ1v) is 12.8. The molecule has 0 aromatic heterocycles. The molecule has 4 aliphatic carbocycles. The van der Waals surface area contributed by atoms with Gasteiger partial charge < -0.3 is 0 Å². The van der Waals surface area contributed by atoms with Crippen LogP contribution in [0, 0.1) is 52.3 Å². The van der Waals surface area contributed by atoms with Crippen molar-refractivity contribution in [1.29, 1.82) is 0 Å². The number of hydrogen-bond donors (Lipinski definition) is 0. The Morgan fingerprint density at radius 1 is 0.862 bits per heavy atom. The van der Waals surface area contributed by atoms with Gasteiger partial charge in [0.25, 0.3) is 0 Å². The number of carbonyl (C=O) groups excluding carboxylic acids is 2. The molecule has 0 saturated heterocycles. The highest BCUT2D eigenvalue weighted by Crippen LogP contribution is 2.67. The number of hydrogen-bond acceptors (Lipinski definition) is 2. The summed E-state index contributed by atoms with van der Waals surface area (Å²) >= 11 is 0. The Balaban J connectivity index is 1.49. The molecule has 29 heavy (non-hydrogen) atoms. The Morgan fingerprint density at radius 3 is 2.31 bits per heavy atom. The summed E-state index contributed by atoms with van der Waals surface area (Å²) in [5, 5.41) is 0. The van der Waals surface area contributed by atoms with Gasteiger partial charge in [-0.25, -0.2) is 0 Å². The molecule has 8 atom stereocenters. The lowest BCUT2D eigenvalue weighted by molar-refractivity contribution is -0.158. The van der Waals surface area contributed by atoms with E-state index in [0.29, 0.717) is 17.8 Å².